The normalized spacial score (nSPS) is 15.3. The van der Waals surface area contributed by atoms with Crippen LogP contribution in [0.25, 0.3) is 0 Å². The second kappa shape index (κ2) is 5.97. The number of amides is 1. The number of nitrogens with one attached hydrogen (secondary N) is 2. The third-order valence-corrected chi connectivity index (χ3v) is 1.46. The van der Waals surface area contributed by atoms with E-state index in [0.29, 0.717) is 13.1 Å². The maximum Gasteiger partial charge on any atom is 0.236 e. The highest BCUT2D eigenvalue weighted by atomic mass is 16.3. The van der Waals surface area contributed by atoms with Crippen LogP contribution in [0.5, 0.6) is 0 Å². The van der Waals surface area contributed by atoms with Crippen molar-refractivity contribution in [2.24, 2.45) is 0 Å². The Labute approximate surface area is 73.3 Å². The van der Waals surface area contributed by atoms with Crippen LogP contribution in [-0.2, 0) is 4.79 Å². The van der Waals surface area contributed by atoms with E-state index in [4.69, 9.17) is 5.11 Å². The number of aliphatic hydroxyl groups excluding tert-OH is 1. The minimum Gasteiger partial charge on any atom is -0.392 e. The van der Waals surface area contributed by atoms with Crippen molar-refractivity contribution in [3.05, 3.63) is 0 Å². The van der Waals surface area contributed by atoms with E-state index in [0.717, 1.165) is 0 Å². The average Bonchev–Trinajstić information content (AvgIpc) is 2.00. The molecule has 0 aromatic rings. The van der Waals surface area contributed by atoms with E-state index in [2.05, 4.69) is 10.6 Å². The fraction of sp³-hybridized carbons (Fsp3) is 0.875. The number of carbonyl (C=O) groups is 1. The summed E-state index contributed by atoms with van der Waals surface area (Å²) in [6, 6.07) is -0.237. The zero-order chi connectivity index (χ0) is 9.56. The van der Waals surface area contributed by atoms with E-state index in [1.807, 2.05) is 6.92 Å². The van der Waals surface area contributed by atoms with Crippen LogP contribution in [0.4, 0.5) is 0 Å². The molecule has 0 aliphatic carbocycles. The summed E-state index contributed by atoms with van der Waals surface area (Å²) in [7, 11) is 0. The lowest BCUT2D eigenvalue weighted by atomic mass is 10.3. The number of hydrogen-bond acceptors (Lipinski definition) is 3. The molecule has 0 fully saturated rings. The van der Waals surface area contributed by atoms with Crippen molar-refractivity contribution < 1.29 is 9.90 Å². The highest BCUT2D eigenvalue weighted by molar-refractivity contribution is 5.81. The zero-order valence-electron chi connectivity index (χ0n) is 7.92. The molecule has 0 aliphatic rings. The summed E-state index contributed by atoms with van der Waals surface area (Å²) in [6.45, 7) is 6.40. The molecular weight excluding hydrogens is 156 g/mol. The predicted octanol–water partition coefficient (Wildman–Crippen LogP) is -0.519. The van der Waals surface area contributed by atoms with Crippen molar-refractivity contribution in [1.82, 2.24) is 10.6 Å². The third kappa shape index (κ3) is 5.09. The molecule has 0 bridgehead atoms. The molecule has 0 aromatic carbocycles. The van der Waals surface area contributed by atoms with Crippen molar-refractivity contribution >= 4 is 5.91 Å². The Balaban J connectivity index is 3.56. The van der Waals surface area contributed by atoms with Gasteiger partial charge in [-0.05, 0) is 20.8 Å². The Morgan fingerprint density at radius 1 is 1.50 bits per heavy atom. The molecule has 0 heterocycles. The molecule has 0 aromatic heterocycles. The van der Waals surface area contributed by atoms with E-state index in [9.17, 15) is 4.79 Å². The molecule has 3 N–H and O–H groups in total. The number of hydrogen-bond donors (Lipinski definition) is 3. The molecule has 1 unspecified atom stereocenters. The lowest BCUT2D eigenvalue weighted by Gasteiger charge is -2.13. The van der Waals surface area contributed by atoms with Crippen molar-refractivity contribution in [3.63, 3.8) is 0 Å². The topological polar surface area (TPSA) is 61.4 Å². The summed E-state index contributed by atoms with van der Waals surface area (Å²) in [5, 5.41) is 14.5. The molecule has 2 atom stereocenters. The lowest BCUT2D eigenvalue weighted by Crippen LogP contribution is -2.44. The van der Waals surface area contributed by atoms with Gasteiger partial charge in [-0.1, -0.05) is 0 Å². The van der Waals surface area contributed by atoms with E-state index in [-0.39, 0.29) is 11.9 Å². The Hall–Kier alpha value is -0.610. The molecule has 1 amide bonds. The van der Waals surface area contributed by atoms with Crippen LogP contribution in [0.15, 0.2) is 0 Å². The number of aliphatic hydroxyl groups is 1. The quantitative estimate of drug-likeness (QED) is 0.525. The standard InChI is InChI=1S/C8H18N2O2/c1-4-9-8(12)7(3)10-5-6(2)11/h6-7,10-11H,4-5H2,1-3H3,(H,9,12)/t6-,7?/m0/s1. The predicted molar refractivity (Wildman–Crippen MR) is 47.8 cm³/mol. The molecule has 0 saturated heterocycles. The number of rotatable bonds is 5. The Kier molecular flexibility index (Phi) is 5.66. The summed E-state index contributed by atoms with van der Waals surface area (Å²) < 4.78 is 0. The average molecular weight is 174 g/mol. The Morgan fingerprint density at radius 3 is 2.50 bits per heavy atom. The minimum atomic E-state index is -0.415. The molecular formula is C8H18N2O2. The molecule has 72 valence electrons. The summed E-state index contributed by atoms with van der Waals surface area (Å²) in [4.78, 5) is 11.1. The zero-order valence-corrected chi connectivity index (χ0v) is 7.92. The van der Waals surface area contributed by atoms with Gasteiger partial charge >= 0.3 is 0 Å². The molecule has 0 aliphatic heterocycles. The summed E-state index contributed by atoms with van der Waals surface area (Å²) >= 11 is 0. The smallest absolute Gasteiger partial charge is 0.236 e. The second-order valence-corrected chi connectivity index (χ2v) is 2.87. The first-order valence-electron chi connectivity index (χ1n) is 4.27. The first-order chi connectivity index (χ1) is 5.57. The van der Waals surface area contributed by atoms with Gasteiger partial charge < -0.3 is 15.7 Å². The monoisotopic (exact) mass is 174 g/mol. The van der Waals surface area contributed by atoms with Crippen molar-refractivity contribution in [3.8, 4) is 0 Å². The molecule has 0 spiro atoms. The number of likely N-dealkylation sites (N-methyl/N-ethyl adjacent to an activating group) is 1. The van der Waals surface area contributed by atoms with Crippen LogP contribution < -0.4 is 10.6 Å². The van der Waals surface area contributed by atoms with Gasteiger partial charge in [-0.25, -0.2) is 0 Å². The molecule has 0 radical (unpaired) electrons. The molecule has 4 nitrogen and oxygen atoms in total. The largest absolute Gasteiger partial charge is 0.392 e. The molecule has 12 heavy (non-hydrogen) atoms. The van der Waals surface area contributed by atoms with E-state index in [1.54, 1.807) is 13.8 Å². The van der Waals surface area contributed by atoms with Crippen LogP contribution >= 0.6 is 0 Å². The van der Waals surface area contributed by atoms with E-state index in [1.165, 1.54) is 0 Å². The SMILES string of the molecule is CCNC(=O)C(C)NC[C@H](C)O. The molecule has 0 rings (SSSR count). The Morgan fingerprint density at radius 2 is 2.08 bits per heavy atom. The van der Waals surface area contributed by atoms with Gasteiger partial charge in [-0.2, -0.15) is 0 Å². The maximum atomic E-state index is 11.1. The van der Waals surface area contributed by atoms with Gasteiger partial charge in [0.05, 0.1) is 12.1 Å². The first-order valence-corrected chi connectivity index (χ1v) is 4.27. The highest BCUT2D eigenvalue weighted by Crippen LogP contribution is 1.83. The molecule has 0 saturated carbocycles. The first kappa shape index (κ1) is 11.4. The maximum absolute atomic E-state index is 11.1. The van der Waals surface area contributed by atoms with Gasteiger partial charge in [-0.3, -0.25) is 4.79 Å². The minimum absolute atomic E-state index is 0.0295. The van der Waals surface area contributed by atoms with Crippen LogP contribution in [-0.4, -0.2) is 36.2 Å². The van der Waals surface area contributed by atoms with Gasteiger partial charge in [0, 0.05) is 13.1 Å². The van der Waals surface area contributed by atoms with Gasteiger partial charge in [0.1, 0.15) is 0 Å². The number of carbonyl (C=O) groups excluding carboxylic acids is 1. The molecule has 4 heteroatoms. The van der Waals surface area contributed by atoms with E-state index < -0.39 is 6.10 Å². The van der Waals surface area contributed by atoms with Crippen LogP contribution in [0.3, 0.4) is 0 Å². The van der Waals surface area contributed by atoms with Gasteiger partial charge in [0.25, 0.3) is 0 Å². The van der Waals surface area contributed by atoms with Crippen LogP contribution in [0.2, 0.25) is 0 Å². The van der Waals surface area contributed by atoms with Crippen molar-refractivity contribution in [2.45, 2.75) is 32.9 Å². The van der Waals surface area contributed by atoms with E-state index >= 15 is 0 Å². The Bertz CT molecular complexity index is 137. The fourth-order valence-corrected chi connectivity index (χ4v) is 0.767. The summed E-state index contributed by atoms with van der Waals surface area (Å²) in [6.07, 6.45) is -0.415. The lowest BCUT2D eigenvalue weighted by molar-refractivity contribution is -0.122. The summed E-state index contributed by atoms with van der Waals surface area (Å²) in [5.41, 5.74) is 0. The van der Waals surface area contributed by atoms with Gasteiger partial charge in [0.2, 0.25) is 5.91 Å². The fourth-order valence-electron chi connectivity index (χ4n) is 0.767. The third-order valence-electron chi connectivity index (χ3n) is 1.46. The van der Waals surface area contributed by atoms with Crippen LogP contribution in [0.1, 0.15) is 20.8 Å². The highest BCUT2D eigenvalue weighted by Gasteiger charge is 2.10. The van der Waals surface area contributed by atoms with Crippen molar-refractivity contribution in [2.75, 3.05) is 13.1 Å². The van der Waals surface area contributed by atoms with Crippen LogP contribution in [0, 0.1) is 0 Å². The summed E-state index contributed by atoms with van der Waals surface area (Å²) in [5.74, 6) is -0.0295. The second-order valence-electron chi connectivity index (χ2n) is 2.87. The van der Waals surface area contributed by atoms with Crippen molar-refractivity contribution in [1.29, 1.82) is 0 Å². The van der Waals surface area contributed by atoms with Gasteiger partial charge in [0.15, 0.2) is 0 Å². The van der Waals surface area contributed by atoms with Gasteiger partial charge in [-0.15, -0.1) is 0 Å².